The Labute approximate surface area is 159 Å². The summed E-state index contributed by atoms with van der Waals surface area (Å²) in [6.07, 6.45) is 0. The Morgan fingerprint density at radius 3 is 1.00 bits per heavy atom. The molecule has 2 aliphatic rings. The van der Waals surface area contributed by atoms with Crippen LogP contribution in [0.4, 0.5) is 0 Å². The summed E-state index contributed by atoms with van der Waals surface area (Å²) in [6, 6.07) is 2.01. The molecule has 9 heteroatoms. The average molecular weight is 366 g/mol. The molecule has 2 fully saturated rings. The van der Waals surface area contributed by atoms with Crippen molar-refractivity contribution < 1.29 is 0 Å². The van der Waals surface area contributed by atoms with Gasteiger partial charge >= 0.3 is 14.2 Å². The molecule has 0 N–H and O–H groups in total. The van der Waals surface area contributed by atoms with E-state index in [1.54, 1.807) is 0 Å². The minimum absolute atomic E-state index is 0.134. The molecule has 0 spiro atoms. The molecule has 0 amide bonds. The standard InChI is InChI=1S/C16H36B2N6S/c1-13(2)21-9-10-22(14(3)4)17(21)19-25-20-18-23(15(5)6)11-12-24(18)16(7)8/h13-16H,9-12H2,1-8H3. The van der Waals surface area contributed by atoms with Crippen LogP contribution in [0.25, 0.3) is 0 Å². The molecule has 0 saturated carbocycles. The highest BCUT2D eigenvalue weighted by molar-refractivity contribution is 7.59. The molecule has 2 rings (SSSR count). The molecule has 0 unspecified atom stereocenters. The third kappa shape index (κ3) is 4.95. The lowest BCUT2D eigenvalue weighted by Gasteiger charge is -2.28. The van der Waals surface area contributed by atoms with Crippen LogP contribution in [0.3, 0.4) is 0 Å². The molecule has 0 atom stereocenters. The second-order valence-electron chi connectivity index (χ2n) is 8.31. The maximum atomic E-state index is 4.93. The fourth-order valence-electron chi connectivity index (χ4n) is 3.76. The lowest BCUT2D eigenvalue weighted by atomic mass is 9.89. The topological polar surface area (TPSA) is 37.7 Å². The van der Waals surface area contributed by atoms with E-state index in [2.05, 4.69) is 74.6 Å². The van der Waals surface area contributed by atoms with Gasteiger partial charge in [0.15, 0.2) is 0 Å². The largest absolute Gasteiger partial charge is 0.469 e. The van der Waals surface area contributed by atoms with Crippen LogP contribution >= 0.6 is 0 Å². The zero-order valence-electron chi connectivity index (χ0n) is 17.4. The van der Waals surface area contributed by atoms with Gasteiger partial charge in [-0.3, -0.25) is 0 Å². The molecule has 2 heterocycles. The van der Waals surface area contributed by atoms with Gasteiger partial charge in [0, 0.05) is 37.5 Å². The van der Waals surface area contributed by atoms with Crippen LogP contribution in [-0.2, 0) is 11.4 Å². The lowest BCUT2D eigenvalue weighted by molar-refractivity contribution is 0.390. The van der Waals surface area contributed by atoms with E-state index >= 15 is 0 Å². The van der Waals surface area contributed by atoms with Crippen LogP contribution in [0.1, 0.15) is 55.4 Å². The Morgan fingerprint density at radius 1 is 0.560 bits per heavy atom. The van der Waals surface area contributed by atoms with Crippen LogP contribution in [0.5, 0.6) is 0 Å². The van der Waals surface area contributed by atoms with E-state index in [-0.39, 0.29) is 14.2 Å². The smallest absolute Gasteiger partial charge is 0.303 e. The minimum atomic E-state index is 0.134. The second kappa shape index (κ2) is 9.13. The van der Waals surface area contributed by atoms with E-state index in [0.717, 1.165) is 26.2 Å². The van der Waals surface area contributed by atoms with Gasteiger partial charge in [-0.15, -0.1) is 0 Å². The number of hydrogen-bond acceptors (Lipinski definition) is 6. The highest BCUT2D eigenvalue weighted by Gasteiger charge is 2.41. The molecule has 6 nitrogen and oxygen atoms in total. The Hall–Kier alpha value is -0.210. The van der Waals surface area contributed by atoms with Gasteiger partial charge in [-0.25, -0.2) is 8.55 Å². The Balaban J connectivity index is 2.20. The maximum absolute atomic E-state index is 4.93. The van der Waals surface area contributed by atoms with Crippen molar-refractivity contribution in [3.8, 4) is 0 Å². The van der Waals surface area contributed by atoms with Gasteiger partial charge in [-0.05, 0) is 24.2 Å². The normalized spacial score (nSPS) is 21.6. The molecule has 2 saturated heterocycles. The van der Waals surface area contributed by atoms with Crippen molar-refractivity contribution in [1.29, 1.82) is 0 Å². The molecule has 0 aromatic heterocycles. The predicted molar refractivity (Wildman–Crippen MR) is 111 cm³/mol. The fourth-order valence-corrected chi connectivity index (χ4v) is 4.47. The zero-order valence-corrected chi connectivity index (χ0v) is 18.2. The third-order valence-corrected chi connectivity index (χ3v) is 5.92. The van der Waals surface area contributed by atoms with Crippen molar-refractivity contribution in [3.63, 3.8) is 0 Å². The van der Waals surface area contributed by atoms with Gasteiger partial charge in [0.1, 0.15) is 0 Å². The average Bonchev–Trinajstić information content (AvgIpc) is 3.11. The van der Waals surface area contributed by atoms with Crippen molar-refractivity contribution >= 4 is 25.6 Å². The first-order valence-corrected chi connectivity index (χ1v) is 10.6. The highest BCUT2D eigenvalue weighted by atomic mass is 32.1. The zero-order chi connectivity index (χ0) is 18.7. The summed E-state index contributed by atoms with van der Waals surface area (Å²) in [5.41, 5.74) is 0. The van der Waals surface area contributed by atoms with Crippen LogP contribution in [-0.4, -0.2) is 83.8 Å². The summed E-state index contributed by atoms with van der Waals surface area (Å²) in [5.74, 6) is 0. The molecular weight excluding hydrogens is 330 g/mol. The maximum Gasteiger partial charge on any atom is 0.469 e. The van der Waals surface area contributed by atoms with E-state index in [0.29, 0.717) is 24.2 Å². The Bertz CT molecular complexity index is 423. The first kappa shape index (κ1) is 21.1. The van der Waals surface area contributed by atoms with E-state index < -0.39 is 0 Å². The molecule has 0 bridgehead atoms. The summed E-state index contributed by atoms with van der Waals surface area (Å²) >= 11 is 1.42. The molecule has 0 radical (unpaired) electrons. The molecular formula is C16H36B2N6S. The first-order valence-electron chi connectivity index (χ1n) is 9.83. The van der Waals surface area contributed by atoms with Crippen LogP contribution in [0.2, 0.25) is 0 Å². The summed E-state index contributed by atoms with van der Waals surface area (Å²) < 4.78 is 9.86. The van der Waals surface area contributed by atoms with E-state index in [9.17, 15) is 0 Å². The minimum Gasteiger partial charge on any atom is -0.303 e. The van der Waals surface area contributed by atoms with E-state index in [1.165, 1.54) is 11.4 Å². The molecule has 142 valence electrons. The predicted octanol–water partition coefficient (Wildman–Crippen LogP) is 2.27. The van der Waals surface area contributed by atoms with Crippen LogP contribution < -0.4 is 0 Å². The number of nitrogens with zero attached hydrogens (tertiary/aromatic N) is 6. The summed E-state index contributed by atoms with van der Waals surface area (Å²) in [6.45, 7) is 22.4. The number of hydrogen-bond donors (Lipinski definition) is 0. The van der Waals surface area contributed by atoms with Gasteiger partial charge in [0.05, 0.1) is 0 Å². The monoisotopic (exact) mass is 366 g/mol. The van der Waals surface area contributed by atoms with Gasteiger partial charge in [0.2, 0.25) is 0 Å². The Morgan fingerprint density at radius 2 is 0.800 bits per heavy atom. The second-order valence-corrected chi connectivity index (χ2v) is 8.90. The molecule has 0 aliphatic carbocycles. The van der Waals surface area contributed by atoms with Crippen molar-refractivity contribution in [2.75, 3.05) is 26.2 Å². The lowest BCUT2D eigenvalue weighted by Crippen LogP contribution is -2.48. The molecule has 0 aromatic rings. The summed E-state index contributed by atoms with van der Waals surface area (Å²) in [5, 5.41) is 0. The third-order valence-electron chi connectivity index (χ3n) is 5.36. The summed E-state index contributed by atoms with van der Waals surface area (Å²) in [4.78, 5) is 9.88. The molecule has 25 heavy (non-hydrogen) atoms. The van der Waals surface area contributed by atoms with Crippen molar-refractivity contribution in [2.45, 2.75) is 79.6 Å². The quantitative estimate of drug-likeness (QED) is 0.676. The van der Waals surface area contributed by atoms with Crippen molar-refractivity contribution in [2.24, 2.45) is 8.55 Å². The van der Waals surface area contributed by atoms with Gasteiger partial charge < -0.3 is 19.2 Å². The van der Waals surface area contributed by atoms with Crippen LogP contribution in [0, 0.1) is 0 Å². The summed E-state index contributed by atoms with van der Waals surface area (Å²) in [7, 11) is 0.269. The van der Waals surface area contributed by atoms with Crippen molar-refractivity contribution in [1.82, 2.24) is 19.2 Å². The van der Waals surface area contributed by atoms with Crippen molar-refractivity contribution in [3.05, 3.63) is 0 Å². The van der Waals surface area contributed by atoms with Crippen LogP contribution in [0.15, 0.2) is 8.55 Å². The van der Waals surface area contributed by atoms with Gasteiger partial charge in [-0.2, -0.15) is 0 Å². The SMILES string of the molecule is CC(C)N1CCN(C(C)C)B1N=S=NB1N(C(C)C)CCN1C(C)C. The number of rotatable bonds is 6. The highest BCUT2D eigenvalue weighted by Crippen LogP contribution is 2.19. The molecule has 2 aliphatic heterocycles. The van der Waals surface area contributed by atoms with Gasteiger partial charge in [-0.1, -0.05) is 55.4 Å². The van der Waals surface area contributed by atoms with Gasteiger partial charge in [0.25, 0.3) is 0 Å². The first-order chi connectivity index (χ1) is 11.7. The molecule has 0 aromatic carbocycles. The fraction of sp³-hybridized carbons (Fsp3) is 1.00. The Kier molecular flexibility index (Phi) is 7.70. The van der Waals surface area contributed by atoms with E-state index in [1.807, 2.05) is 0 Å². The van der Waals surface area contributed by atoms with E-state index in [4.69, 9.17) is 8.55 Å².